The van der Waals surface area contributed by atoms with Crippen LogP contribution in [-0.2, 0) is 14.8 Å². The fourth-order valence-corrected chi connectivity index (χ4v) is 4.39. The van der Waals surface area contributed by atoms with E-state index < -0.39 is 15.8 Å². The van der Waals surface area contributed by atoms with Crippen LogP contribution in [0.15, 0.2) is 23.1 Å². The minimum absolute atomic E-state index is 0.0295. The van der Waals surface area contributed by atoms with Crippen molar-refractivity contribution in [3.05, 3.63) is 29.0 Å². The van der Waals surface area contributed by atoms with Gasteiger partial charge in [0, 0.05) is 30.6 Å². The number of carbonyl (C=O) groups is 1. The highest BCUT2D eigenvalue weighted by Crippen LogP contribution is 2.26. The number of hydrogen-bond donors (Lipinski definition) is 1. The van der Waals surface area contributed by atoms with Gasteiger partial charge in [-0.15, -0.1) is 0 Å². The molecule has 1 aliphatic rings. The smallest absolute Gasteiger partial charge is 0.245 e. The summed E-state index contributed by atoms with van der Waals surface area (Å²) in [6, 6.07) is 3.52. The largest absolute Gasteiger partial charge is 0.356 e. The van der Waals surface area contributed by atoms with E-state index >= 15 is 0 Å². The molecule has 0 aromatic heterocycles. The van der Waals surface area contributed by atoms with Crippen molar-refractivity contribution in [2.24, 2.45) is 5.92 Å². The summed E-state index contributed by atoms with van der Waals surface area (Å²) in [4.78, 5) is 11.7. The van der Waals surface area contributed by atoms with E-state index in [2.05, 4.69) is 5.32 Å². The van der Waals surface area contributed by atoms with Crippen molar-refractivity contribution >= 4 is 27.5 Å². The topological polar surface area (TPSA) is 66.5 Å². The van der Waals surface area contributed by atoms with Crippen molar-refractivity contribution in [1.82, 2.24) is 9.62 Å². The lowest BCUT2D eigenvalue weighted by Gasteiger charge is -2.30. The maximum Gasteiger partial charge on any atom is 0.245 e. The number of piperidine rings is 1. The normalized spacial score (nSPS) is 17.0. The lowest BCUT2D eigenvalue weighted by molar-refractivity contribution is -0.126. The van der Waals surface area contributed by atoms with Crippen LogP contribution in [-0.4, -0.2) is 38.3 Å². The van der Waals surface area contributed by atoms with E-state index in [1.165, 1.54) is 16.4 Å². The molecule has 0 radical (unpaired) electrons. The van der Waals surface area contributed by atoms with Gasteiger partial charge in [-0.3, -0.25) is 4.79 Å². The zero-order valence-electron chi connectivity index (χ0n) is 13.6. The van der Waals surface area contributed by atoms with Crippen LogP contribution in [0.1, 0.15) is 32.6 Å². The minimum Gasteiger partial charge on any atom is -0.356 e. The highest BCUT2D eigenvalue weighted by molar-refractivity contribution is 7.89. The Labute approximate surface area is 147 Å². The number of amides is 1. The second-order valence-corrected chi connectivity index (χ2v) is 8.24. The molecule has 1 amide bonds. The number of nitrogens with one attached hydrogen (secondary N) is 1. The number of nitrogens with zero attached hydrogens (tertiary/aromatic N) is 1. The van der Waals surface area contributed by atoms with Gasteiger partial charge >= 0.3 is 0 Å². The summed E-state index contributed by atoms with van der Waals surface area (Å²) in [5.41, 5.74) is 0. The molecule has 2 rings (SSSR count). The monoisotopic (exact) mass is 376 g/mol. The third kappa shape index (κ3) is 4.46. The molecular formula is C16H22ClFN2O3S. The Morgan fingerprint density at radius 2 is 2.04 bits per heavy atom. The summed E-state index contributed by atoms with van der Waals surface area (Å²) in [6.45, 7) is 3.10. The Bertz CT molecular complexity index is 689. The average molecular weight is 377 g/mol. The predicted molar refractivity (Wildman–Crippen MR) is 90.8 cm³/mol. The van der Waals surface area contributed by atoms with Gasteiger partial charge < -0.3 is 5.32 Å². The van der Waals surface area contributed by atoms with Crippen molar-refractivity contribution in [2.45, 2.75) is 37.5 Å². The van der Waals surface area contributed by atoms with Gasteiger partial charge in [0.15, 0.2) is 0 Å². The molecule has 1 N–H and O–H groups in total. The number of rotatable bonds is 6. The molecule has 5 nitrogen and oxygen atoms in total. The Balaban J connectivity index is 1.99. The minimum atomic E-state index is -3.91. The Morgan fingerprint density at radius 3 is 2.62 bits per heavy atom. The third-order valence-corrected chi connectivity index (χ3v) is 6.33. The van der Waals surface area contributed by atoms with Crippen LogP contribution in [0.3, 0.4) is 0 Å². The number of sulfonamides is 1. The van der Waals surface area contributed by atoms with Gasteiger partial charge in [-0.1, -0.05) is 24.9 Å². The number of carbonyl (C=O) groups excluding carboxylic acids is 1. The van der Waals surface area contributed by atoms with Gasteiger partial charge in [-0.25, -0.2) is 12.8 Å². The van der Waals surface area contributed by atoms with Crippen molar-refractivity contribution in [3.63, 3.8) is 0 Å². The van der Waals surface area contributed by atoms with E-state index in [0.29, 0.717) is 19.4 Å². The first-order chi connectivity index (χ1) is 11.4. The summed E-state index contributed by atoms with van der Waals surface area (Å²) in [6.07, 6.45) is 2.80. The Morgan fingerprint density at radius 1 is 1.38 bits per heavy atom. The predicted octanol–water partition coefficient (Wildman–Crippen LogP) is 2.80. The zero-order valence-corrected chi connectivity index (χ0v) is 15.2. The second-order valence-electron chi connectivity index (χ2n) is 5.90. The van der Waals surface area contributed by atoms with Gasteiger partial charge in [0.1, 0.15) is 10.7 Å². The van der Waals surface area contributed by atoms with Gasteiger partial charge in [-0.2, -0.15) is 4.31 Å². The summed E-state index contributed by atoms with van der Waals surface area (Å²) in [5.74, 6) is -1.08. The molecular weight excluding hydrogens is 355 g/mol. The van der Waals surface area contributed by atoms with Gasteiger partial charge in [0.25, 0.3) is 0 Å². The summed E-state index contributed by atoms with van der Waals surface area (Å²) < 4.78 is 40.3. The van der Waals surface area contributed by atoms with Crippen molar-refractivity contribution in [2.75, 3.05) is 19.6 Å². The zero-order chi connectivity index (χ0) is 17.7. The summed E-state index contributed by atoms with van der Waals surface area (Å²) in [7, 11) is -3.91. The molecule has 1 aliphatic heterocycles. The average Bonchev–Trinajstić information content (AvgIpc) is 2.54. The molecule has 134 valence electrons. The van der Waals surface area contributed by atoms with Crippen molar-refractivity contribution in [1.29, 1.82) is 0 Å². The molecule has 0 saturated carbocycles. The third-order valence-electron chi connectivity index (χ3n) is 4.17. The number of benzene rings is 1. The van der Waals surface area contributed by atoms with Gasteiger partial charge in [-0.05, 0) is 37.5 Å². The summed E-state index contributed by atoms with van der Waals surface area (Å²) >= 11 is 5.67. The summed E-state index contributed by atoms with van der Waals surface area (Å²) in [5, 5.41) is 3.02. The molecule has 1 saturated heterocycles. The van der Waals surface area contributed by atoms with E-state index in [0.717, 1.165) is 18.9 Å². The van der Waals surface area contributed by atoms with Crippen LogP contribution < -0.4 is 5.32 Å². The maximum absolute atomic E-state index is 13.9. The molecule has 0 unspecified atom stereocenters. The van der Waals surface area contributed by atoms with Crippen LogP contribution in [0, 0.1) is 11.7 Å². The molecule has 1 aromatic rings. The van der Waals surface area contributed by atoms with E-state index in [1.807, 2.05) is 6.92 Å². The van der Waals surface area contributed by atoms with E-state index in [-0.39, 0.29) is 34.8 Å². The van der Waals surface area contributed by atoms with Crippen LogP contribution in [0.25, 0.3) is 0 Å². The van der Waals surface area contributed by atoms with Crippen LogP contribution >= 0.6 is 11.6 Å². The molecule has 1 fully saturated rings. The van der Waals surface area contributed by atoms with Crippen molar-refractivity contribution in [3.8, 4) is 0 Å². The van der Waals surface area contributed by atoms with E-state index in [9.17, 15) is 17.6 Å². The Kier molecular flexibility index (Phi) is 6.60. The molecule has 24 heavy (non-hydrogen) atoms. The molecule has 0 aliphatic carbocycles. The fraction of sp³-hybridized carbons (Fsp3) is 0.562. The van der Waals surface area contributed by atoms with E-state index in [1.54, 1.807) is 0 Å². The SMILES string of the molecule is CCCCNC(=O)C1CCN(S(=O)(=O)c2ccc(Cl)cc2F)CC1. The van der Waals surface area contributed by atoms with E-state index in [4.69, 9.17) is 11.6 Å². The molecule has 1 heterocycles. The van der Waals surface area contributed by atoms with Crippen molar-refractivity contribution < 1.29 is 17.6 Å². The molecule has 0 bridgehead atoms. The first-order valence-electron chi connectivity index (χ1n) is 8.09. The molecule has 0 atom stereocenters. The second kappa shape index (κ2) is 8.27. The van der Waals surface area contributed by atoms with Crippen LogP contribution in [0.2, 0.25) is 5.02 Å². The lowest BCUT2D eigenvalue weighted by atomic mass is 9.97. The maximum atomic E-state index is 13.9. The quantitative estimate of drug-likeness (QED) is 0.776. The number of hydrogen-bond acceptors (Lipinski definition) is 3. The highest BCUT2D eigenvalue weighted by Gasteiger charge is 2.33. The lowest BCUT2D eigenvalue weighted by Crippen LogP contribution is -2.43. The van der Waals surface area contributed by atoms with Crippen LogP contribution in [0.5, 0.6) is 0 Å². The van der Waals surface area contributed by atoms with Crippen LogP contribution in [0.4, 0.5) is 4.39 Å². The number of halogens is 2. The Hall–Kier alpha value is -1.18. The first kappa shape index (κ1) is 19.1. The fourth-order valence-electron chi connectivity index (χ4n) is 2.71. The van der Waals surface area contributed by atoms with Gasteiger partial charge in [0.05, 0.1) is 0 Å². The highest BCUT2D eigenvalue weighted by atomic mass is 35.5. The molecule has 0 spiro atoms. The van der Waals surface area contributed by atoms with Gasteiger partial charge in [0.2, 0.25) is 15.9 Å². The standard InChI is InChI=1S/C16H22ClFN2O3S/c1-2-3-8-19-16(21)12-6-9-20(10-7-12)24(22,23)15-5-4-13(17)11-14(15)18/h4-5,11-12H,2-3,6-10H2,1H3,(H,19,21). The molecule has 1 aromatic carbocycles. The number of unbranched alkanes of at least 4 members (excludes halogenated alkanes) is 1. The first-order valence-corrected chi connectivity index (χ1v) is 9.91. The molecule has 8 heteroatoms.